The minimum absolute atomic E-state index is 0.310. The fourth-order valence-corrected chi connectivity index (χ4v) is 2.84. The van der Waals surface area contributed by atoms with E-state index in [2.05, 4.69) is 25.9 Å². The smallest absolute Gasteiger partial charge is 0.255 e. The molecule has 0 aliphatic carbocycles. The second-order valence-corrected chi connectivity index (χ2v) is 5.07. The summed E-state index contributed by atoms with van der Waals surface area (Å²) in [6.07, 6.45) is -0.962. The fraction of sp³-hybridized carbons (Fsp3) is 0.400. The van der Waals surface area contributed by atoms with Crippen molar-refractivity contribution in [3.8, 4) is 0 Å². The molecule has 17 heavy (non-hydrogen) atoms. The zero-order chi connectivity index (χ0) is 12.3. The maximum absolute atomic E-state index is 12.5. The molecular formula is C10H10BrF2N3S. The largest absolute Gasteiger partial charge is 0.349 e. The van der Waals surface area contributed by atoms with E-state index in [0.717, 1.165) is 10.2 Å². The van der Waals surface area contributed by atoms with Gasteiger partial charge in [-0.1, -0.05) is 15.9 Å². The van der Waals surface area contributed by atoms with E-state index in [0.29, 0.717) is 17.7 Å². The number of hydrogen-bond acceptors (Lipinski definition) is 4. The summed E-state index contributed by atoms with van der Waals surface area (Å²) in [5, 5.41) is 2.51. The monoisotopic (exact) mass is 321 g/mol. The van der Waals surface area contributed by atoms with Gasteiger partial charge in [0.1, 0.15) is 12.1 Å². The lowest BCUT2D eigenvalue weighted by Gasteiger charge is -2.22. The van der Waals surface area contributed by atoms with Crippen LogP contribution in [0.2, 0.25) is 0 Å². The van der Waals surface area contributed by atoms with Crippen molar-refractivity contribution >= 4 is 43.3 Å². The highest BCUT2D eigenvalue weighted by Gasteiger charge is 2.16. The van der Waals surface area contributed by atoms with Crippen LogP contribution in [0.15, 0.2) is 17.8 Å². The van der Waals surface area contributed by atoms with Crippen LogP contribution in [0.1, 0.15) is 0 Å². The molecule has 0 unspecified atom stereocenters. The summed E-state index contributed by atoms with van der Waals surface area (Å²) < 4.78 is 25.9. The summed E-state index contributed by atoms with van der Waals surface area (Å²) in [4.78, 5) is 9.80. The summed E-state index contributed by atoms with van der Waals surface area (Å²) in [6, 6.07) is 1.86. The molecule has 0 aliphatic heterocycles. The first kappa shape index (κ1) is 12.6. The van der Waals surface area contributed by atoms with Gasteiger partial charge >= 0.3 is 0 Å². The zero-order valence-corrected chi connectivity index (χ0v) is 11.2. The van der Waals surface area contributed by atoms with E-state index in [1.54, 1.807) is 4.90 Å². The minimum atomic E-state index is -2.38. The molecule has 0 radical (unpaired) electrons. The Bertz CT molecular complexity index is 491. The van der Waals surface area contributed by atoms with E-state index in [4.69, 9.17) is 0 Å². The quantitative estimate of drug-likeness (QED) is 0.792. The number of rotatable bonds is 5. The second kappa shape index (κ2) is 5.68. The number of anilines is 1. The highest BCUT2D eigenvalue weighted by molar-refractivity contribution is 9.09. The van der Waals surface area contributed by atoms with Crippen LogP contribution in [0.5, 0.6) is 0 Å². The molecule has 2 heterocycles. The van der Waals surface area contributed by atoms with Crippen LogP contribution in [0.3, 0.4) is 0 Å². The van der Waals surface area contributed by atoms with Crippen LogP contribution < -0.4 is 4.90 Å². The molecule has 0 aliphatic rings. The molecule has 0 aromatic carbocycles. The van der Waals surface area contributed by atoms with Gasteiger partial charge in [0.05, 0.1) is 16.8 Å². The Morgan fingerprint density at radius 3 is 2.94 bits per heavy atom. The normalized spacial score (nSPS) is 11.3. The first-order valence-corrected chi connectivity index (χ1v) is 6.99. The lowest BCUT2D eigenvalue weighted by atomic mass is 10.4. The van der Waals surface area contributed by atoms with Crippen molar-refractivity contribution in [2.75, 3.05) is 23.3 Å². The molecule has 0 bridgehead atoms. The Balaban J connectivity index is 2.36. The maximum Gasteiger partial charge on any atom is 0.255 e. The molecule has 0 N–H and O–H groups in total. The molecule has 0 fully saturated rings. The van der Waals surface area contributed by atoms with E-state index in [1.807, 2.05) is 11.4 Å². The van der Waals surface area contributed by atoms with Crippen LogP contribution in [0, 0.1) is 0 Å². The van der Waals surface area contributed by atoms with Gasteiger partial charge in [-0.25, -0.2) is 18.7 Å². The molecule has 0 spiro atoms. The van der Waals surface area contributed by atoms with Crippen molar-refractivity contribution in [2.45, 2.75) is 6.43 Å². The van der Waals surface area contributed by atoms with Crippen molar-refractivity contribution in [1.82, 2.24) is 9.97 Å². The summed E-state index contributed by atoms with van der Waals surface area (Å²) in [7, 11) is 0. The van der Waals surface area contributed by atoms with Crippen LogP contribution in [-0.4, -0.2) is 34.8 Å². The second-order valence-electron chi connectivity index (χ2n) is 3.36. The van der Waals surface area contributed by atoms with Gasteiger partial charge < -0.3 is 4.90 Å². The fourth-order valence-electron chi connectivity index (χ4n) is 1.55. The number of fused-ring (bicyclic) bond motifs is 1. The summed E-state index contributed by atoms with van der Waals surface area (Å²) in [6.45, 7) is 0.184. The molecule has 7 heteroatoms. The molecule has 0 amide bonds. The van der Waals surface area contributed by atoms with Crippen LogP contribution >= 0.6 is 27.3 Å². The third-order valence-electron chi connectivity index (χ3n) is 2.24. The van der Waals surface area contributed by atoms with Gasteiger partial charge in [0.25, 0.3) is 6.43 Å². The minimum Gasteiger partial charge on any atom is -0.349 e. The van der Waals surface area contributed by atoms with Gasteiger partial charge in [0.2, 0.25) is 0 Å². The Morgan fingerprint density at radius 2 is 2.24 bits per heavy atom. The molecule has 92 valence electrons. The van der Waals surface area contributed by atoms with Gasteiger partial charge in [-0.05, 0) is 11.4 Å². The van der Waals surface area contributed by atoms with Gasteiger partial charge in [0, 0.05) is 11.9 Å². The first-order valence-electron chi connectivity index (χ1n) is 4.99. The van der Waals surface area contributed by atoms with E-state index >= 15 is 0 Å². The van der Waals surface area contributed by atoms with E-state index in [1.165, 1.54) is 17.7 Å². The van der Waals surface area contributed by atoms with Crippen molar-refractivity contribution < 1.29 is 8.78 Å². The van der Waals surface area contributed by atoms with Gasteiger partial charge in [0.15, 0.2) is 0 Å². The third-order valence-corrected chi connectivity index (χ3v) is 3.49. The van der Waals surface area contributed by atoms with Gasteiger partial charge in [-0.2, -0.15) is 0 Å². The average Bonchev–Trinajstić information content (AvgIpc) is 2.75. The Kier molecular flexibility index (Phi) is 4.22. The number of halogens is 3. The van der Waals surface area contributed by atoms with Crippen LogP contribution in [0.4, 0.5) is 14.6 Å². The van der Waals surface area contributed by atoms with Crippen molar-refractivity contribution in [1.29, 1.82) is 0 Å². The predicted octanol–water partition coefficient (Wildman–Crippen LogP) is 3.16. The molecule has 0 saturated heterocycles. The van der Waals surface area contributed by atoms with Gasteiger partial charge in [-0.15, -0.1) is 11.3 Å². The van der Waals surface area contributed by atoms with Crippen LogP contribution in [-0.2, 0) is 0 Å². The van der Waals surface area contributed by atoms with Crippen molar-refractivity contribution in [3.05, 3.63) is 17.8 Å². The highest BCUT2D eigenvalue weighted by Crippen LogP contribution is 2.28. The lowest BCUT2D eigenvalue weighted by molar-refractivity contribution is 0.155. The SMILES string of the molecule is FC(F)CN(CCBr)c1ncnc2ccsc12. The summed E-state index contributed by atoms with van der Waals surface area (Å²) in [5.74, 6) is 0.588. The van der Waals surface area contributed by atoms with E-state index in [9.17, 15) is 8.78 Å². The summed E-state index contributed by atoms with van der Waals surface area (Å²) >= 11 is 4.73. The van der Waals surface area contributed by atoms with Crippen LogP contribution in [0.25, 0.3) is 10.2 Å². The Morgan fingerprint density at radius 1 is 1.41 bits per heavy atom. The molecule has 3 nitrogen and oxygen atoms in total. The Hall–Kier alpha value is -0.820. The average molecular weight is 322 g/mol. The molecular weight excluding hydrogens is 312 g/mol. The number of nitrogens with zero attached hydrogens (tertiary/aromatic N) is 3. The van der Waals surface area contributed by atoms with Crippen molar-refractivity contribution in [3.63, 3.8) is 0 Å². The third kappa shape index (κ3) is 2.90. The van der Waals surface area contributed by atoms with E-state index < -0.39 is 6.43 Å². The highest BCUT2D eigenvalue weighted by atomic mass is 79.9. The number of thiophene rings is 1. The maximum atomic E-state index is 12.5. The standard InChI is InChI=1S/C10H10BrF2N3S/c11-2-3-16(5-8(12)13)10-9-7(1-4-17-9)14-6-15-10/h1,4,6,8H,2-3,5H2. The van der Waals surface area contributed by atoms with Gasteiger partial charge in [-0.3, -0.25) is 0 Å². The summed E-state index contributed by atoms with van der Waals surface area (Å²) in [5.41, 5.74) is 0.800. The first-order chi connectivity index (χ1) is 8.22. The molecule has 0 atom stereocenters. The Labute approximate surface area is 110 Å². The zero-order valence-electron chi connectivity index (χ0n) is 8.81. The molecule has 0 saturated carbocycles. The number of hydrogen-bond donors (Lipinski definition) is 0. The number of aromatic nitrogens is 2. The number of alkyl halides is 3. The van der Waals surface area contributed by atoms with Crippen molar-refractivity contribution in [2.24, 2.45) is 0 Å². The molecule has 2 aromatic heterocycles. The predicted molar refractivity (Wildman–Crippen MR) is 69.4 cm³/mol. The van der Waals surface area contributed by atoms with E-state index in [-0.39, 0.29) is 6.54 Å². The molecule has 2 aromatic rings. The lowest BCUT2D eigenvalue weighted by Crippen LogP contribution is -2.31. The molecule has 2 rings (SSSR count). The topological polar surface area (TPSA) is 29.0 Å².